The number of hydrogen-bond acceptors (Lipinski definition) is 3. The number of benzene rings is 1. The van der Waals surface area contributed by atoms with Gasteiger partial charge >= 0.3 is 0 Å². The van der Waals surface area contributed by atoms with Crippen molar-refractivity contribution in [3.8, 4) is 0 Å². The van der Waals surface area contributed by atoms with Gasteiger partial charge in [-0.3, -0.25) is 4.79 Å². The molecular formula is C16H22FNO2S. The van der Waals surface area contributed by atoms with Gasteiger partial charge in [0.2, 0.25) is 0 Å². The highest BCUT2D eigenvalue weighted by Crippen LogP contribution is 2.28. The fourth-order valence-electron chi connectivity index (χ4n) is 2.25. The van der Waals surface area contributed by atoms with E-state index in [9.17, 15) is 14.3 Å². The second-order valence-corrected chi connectivity index (χ2v) is 6.15. The summed E-state index contributed by atoms with van der Waals surface area (Å²) in [6.45, 7) is 6.42. The van der Waals surface area contributed by atoms with E-state index < -0.39 is 11.9 Å². The van der Waals surface area contributed by atoms with Crippen LogP contribution in [-0.2, 0) is 11.2 Å². The lowest BCUT2D eigenvalue weighted by Crippen LogP contribution is -2.38. The van der Waals surface area contributed by atoms with Crippen LogP contribution in [0.15, 0.2) is 18.2 Å². The van der Waals surface area contributed by atoms with E-state index in [2.05, 4.69) is 5.32 Å². The van der Waals surface area contributed by atoms with Crippen molar-refractivity contribution in [2.45, 2.75) is 38.8 Å². The molecule has 0 saturated carbocycles. The van der Waals surface area contributed by atoms with E-state index >= 15 is 0 Å². The molecule has 21 heavy (non-hydrogen) atoms. The number of allylic oxidation sites excluding steroid dienone is 1. The topological polar surface area (TPSA) is 49.3 Å². The average molecular weight is 311 g/mol. The lowest BCUT2D eigenvalue weighted by atomic mass is 9.89. The molecule has 1 atom stereocenters. The lowest BCUT2D eigenvalue weighted by Gasteiger charge is -2.25. The average Bonchev–Trinajstić information content (AvgIpc) is 2.36. The summed E-state index contributed by atoms with van der Waals surface area (Å²) in [7, 11) is 0. The van der Waals surface area contributed by atoms with Crippen molar-refractivity contribution in [2.75, 3.05) is 6.54 Å². The maximum absolute atomic E-state index is 13.8. The van der Waals surface area contributed by atoms with Gasteiger partial charge in [-0.25, -0.2) is 4.39 Å². The Bertz CT molecular complexity index is 564. The number of ketones is 1. The first kappa shape index (κ1) is 17.9. The van der Waals surface area contributed by atoms with Gasteiger partial charge in [-0.05, 0) is 44.0 Å². The molecule has 0 spiro atoms. The SMILES string of the molecule is CC(C)(C)NC[C@@H](O)c1ccc(F)c2c1C=CC(=O)C2.S. The van der Waals surface area contributed by atoms with Crippen LogP contribution in [-0.4, -0.2) is 23.0 Å². The first-order chi connectivity index (χ1) is 9.28. The third-order valence-electron chi connectivity index (χ3n) is 3.31. The van der Waals surface area contributed by atoms with Crippen LogP contribution in [0.3, 0.4) is 0 Å². The maximum atomic E-state index is 13.8. The van der Waals surface area contributed by atoms with Gasteiger partial charge in [0.1, 0.15) is 5.82 Å². The predicted octanol–water partition coefficient (Wildman–Crippen LogP) is 2.50. The minimum Gasteiger partial charge on any atom is -0.387 e. The van der Waals surface area contributed by atoms with E-state index in [0.29, 0.717) is 23.2 Å². The van der Waals surface area contributed by atoms with Gasteiger partial charge in [0.15, 0.2) is 5.78 Å². The Morgan fingerprint density at radius 3 is 2.62 bits per heavy atom. The molecule has 0 fully saturated rings. The second-order valence-electron chi connectivity index (χ2n) is 6.15. The highest BCUT2D eigenvalue weighted by molar-refractivity contribution is 7.59. The molecule has 1 aromatic carbocycles. The predicted molar refractivity (Wildman–Crippen MR) is 87.2 cm³/mol. The number of aliphatic hydroxyl groups excluding tert-OH is 1. The molecule has 0 bridgehead atoms. The molecule has 0 aromatic heterocycles. The summed E-state index contributed by atoms with van der Waals surface area (Å²) < 4.78 is 13.8. The fraction of sp³-hybridized carbons (Fsp3) is 0.438. The van der Waals surface area contributed by atoms with Crippen LogP contribution in [0.1, 0.15) is 43.6 Å². The van der Waals surface area contributed by atoms with Gasteiger partial charge in [-0.1, -0.05) is 12.1 Å². The number of nitrogens with one attached hydrogen (secondary N) is 1. The van der Waals surface area contributed by atoms with Crippen LogP contribution < -0.4 is 5.32 Å². The molecular weight excluding hydrogens is 289 g/mol. The fourth-order valence-corrected chi connectivity index (χ4v) is 2.25. The largest absolute Gasteiger partial charge is 0.387 e. The van der Waals surface area contributed by atoms with Crippen LogP contribution in [0.5, 0.6) is 0 Å². The van der Waals surface area contributed by atoms with Gasteiger partial charge in [-0.15, -0.1) is 0 Å². The summed E-state index contributed by atoms with van der Waals surface area (Å²) in [6.07, 6.45) is 2.36. The van der Waals surface area contributed by atoms with E-state index in [4.69, 9.17) is 0 Å². The summed E-state index contributed by atoms with van der Waals surface area (Å²) in [5, 5.41) is 13.5. The molecule has 0 saturated heterocycles. The van der Waals surface area contributed by atoms with Crippen LogP contribution in [0.4, 0.5) is 4.39 Å². The molecule has 0 radical (unpaired) electrons. The number of halogens is 1. The Labute approximate surface area is 131 Å². The summed E-state index contributed by atoms with van der Waals surface area (Å²) in [5.74, 6) is -0.506. The zero-order valence-electron chi connectivity index (χ0n) is 12.5. The summed E-state index contributed by atoms with van der Waals surface area (Å²) >= 11 is 0. The van der Waals surface area contributed by atoms with E-state index in [1.165, 1.54) is 12.1 Å². The van der Waals surface area contributed by atoms with Crippen LogP contribution in [0, 0.1) is 5.82 Å². The van der Waals surface area contributed by atoms with E-state index in [-0.39, 0.29) is 31.2 Å². The normalized spacial score (nSPS) is 15.4. The first-order valence-corrected chi connectivity index (χ1v) is 6.73. The molecule has 5 heteroatoms. The Balaban J connectivity index is 0.00000220. The number of hydrogen-bond donors (Lipinski definition) is 2. The molecule has 1 aliphatic carbocycles. The highest BCUT2D eigenvalue weighted by atomic mass is 32.1. The summed E-state index contributed by atoms with van der Waals surface area (Å²) in [6, 6.07) is 2.91. The standard InChI is InChI=1S/C16H20FNO2.H2S/c1-16(2,3)18-9-15(20)12-6-7-14(17)13-8-10(19)4-5-11(12)13;/h4-7,15,18,20H,8-9H2,1-3H3;1H2/t15-;/m1./s1. The van der Waals surface area contributed by atoms with Gasteiger partial charge in [-0.2, -0.15) is 13.5 Å². The number of carbonyl (C=O) groups is 1. The molecule has 1 aliphatic rings. The molecule has 0 aliphatic heterocycles. The molecule has 1 aromatic rings. The Hall–Kier alpha value is -1.17. The quantitative estimate of drug-likeness (QED) is 0.902. The van der Waals surface area contributed by atoms with Crippen molar-refractivity contribution in [2.24, 2.45) is 0 Å². The number of rotatable bonds is 3. The molecule has 116 valence electrons. The van der Waals surface area contributed by atoms with Gasteiger partial charge < -0.3 is 10.4 Å². The van der Waals surface area contributed by atoms with Crippen molar-refractivity contribution in [1.82, 2.24) is 5.32 Å². The molecule has 2 N–H and O–H groups in total. The molecule has 3 nitrogen and oxygen atoms in total. The number of fused-ring (bicyclic) bond motifs is 1. The van der Waals surface area contributed by atoms with Crippen molar-refractivity contribution in [3.63, 3.8) is 0 Å². The summed E-state index contributed by atoms with van der Waals surface area (Å²) in [4.78, 5) is 11.4. The van der Waals surface area contributed by atoms with Gasteiger partial charge in [0.05, 0.1) is 6.10 Å². The third-order valence-corrected chi connectivity index (χ3v) is 3.31. The van der Waals surface area contributed by atoms with Crippen molar-refractivity contribution < 1.29 is 14.3 Å². The first-order valence-electron chi connectivity index (χ1n) is 6.73. The zero-order valence-corrected chi connectivity index (χ0v) is 13.5. The van der Waals surface area contributed by atoms with Crippen molar-refractivity contribution in [3.05, 3.63) is 40.7 Å². The van der Waals surface area contributed by atoms with Crippen molar-refractivity contribution >= 4 is 25.4 Å². The van der Waals surface area contributed by atoms with Crippen molar-refractivity contribution in [1.29, 1.82) is 0 Å². The van der Waals surface area contributed by atoms with E-state index in [0.717, 1.165) is 0 Å². The second kappa shape index (κ2) is 6.73. The number of aliphatic hydroxyl groups is 1. The van der Waals surface area contributed by atoms with Gasteiger partial charge in [0, 0.05) is 24.1 Å². The third kappa shape index (κ3) is 4.40. The minimum absolute atomic E-state index is 0. The highest BCUT2D eigenvalue weighted by Gasteiger charge is 2.22. The maximum Gasteiger partial charge on any atom is 0.160 e. The smallest absolute Gasteiger partial charge is 0.160 e. The Morgan fingerprint density at radius 2 is 2.00 bits per heavy atom. The number of carbonyl (C=O) groups excluding carboxylic acids is 1. The zero-order chi connectivity index (χ0) is 14.9. The molecule has 0 heterocycles. The monoisotopic (exact) mass is 311 g/mol. The number of β-amino-alcohol motifs (C(OH)–C–C–N with tert-alkyl or cyclic N) is 1. The van der Waals surface area contributed by atoms with E-state index in [1.54, 1.807) is 12.1 Å². The lowest BCUT2D eigenvalue weighted by molar-refractivity contribution is -0.114. The molecule has 0 unspecified atom stereocenters. The van der Waals surface area contributed by atoms with Crippen LogP contribution in [0.2, 0.25) is 0 Å². The van der Waals surface area contributed by atoms with Gasteiger partial charge in [0.25, 0.3) is 0 Å². The summed E-state index contributed by atoms with van der Waals surface area (Å²) in [5.41, 5.74) is 1.56. The van der Waals surface area contributed by atoms with Crippen LogP contribution in [0.25, 0.3) is 6.08 Å². The van der Waals surface area contributed by atoms with Crippen LogP contribution >= 0.6 is 13.5 Å². The Morgan fingerprint density at radius 1 is 1.33 bits per heavy atom. The molecule has 0 amide bonds. The minimum atomic E-state index is -0.735. The van der Waals surface area contributed by atoms with E-state index in [1.807, 2.05) is 20.8 Å². The molecule has 2 rings (SSSR count). The Kier molecular flexibility index (Phi) is 5.73.